The number of rotatable bonds is 10. The van der Waals surface area contributed by atoms with Crippen molar-refractivity contribution in [2.24, 2.45) is 23.7 Å². The van der Waals surface area contributed by atoms with E-state index in [4.69, 9.17) is 9.47 Å². The van der Waals surface area contributed by atoms with E-state index in [1.165, 1.54) is 0 Å². The quantitative estimate of drug-likeness (QED) is 0.394. The number of benzene rings is 1. The summed E-state index contributed by atoms with van der Waals surface area (Å²) in [5.74, 6) is -1.76. The predicted molar refractivity (Wildman–Crippen MR) is 155 cm³/mol. The van der Waals surface area contributed by atoms with Crippen LogP contribution in [-0.4, -0.2) is 70.3 Å². The van der Waals surface area contributed by atoms with Crippen LogP contribution in [0.1, 0.15) is 79.6 Å². The third-order valence-corrected chi connectivity index (χ3v) is 10.5. The van der Waals surface area contributed by atoms with Crippen LogP contribution in [0.3, 0.4) is 0 Å². The fourth-order valence-electron chi connectivity index (χ4n) is 8.10. The average Bonchev–Trinajstić information content (AvgIpc) is 3.47. The molecule has 2 bridgehead atoms. The van der Waals surface area contributed by atoms with Crippen LogP contribution in [0.4, 0.5) is 5.69 Å². The molecule has 226 valence electrons. The number of likely N-dealkylation sites (tertiary alicyclic amines) is 1. The molecule has 0 aromatic heterocycles. The van der Waals surface area contributed by atoms with Crippen molar-refractivity contribution in [2.45, 2.75) is 109 Å². The van der Waals surface area contributed by atoms with Gasteiger partial charge in [0.1, 0.15) is 17.4 Å². The van der Waals surface area contributed by atoms with E-state index in [9.17, 15) is 19.5 Å². The number of aliphatic hydroxyl groups excluding tert-OH is 1. The summed E-state index contributed by atoms with van der Waals surface area (Å²) in [6, 6.07) is 5.78. The number of hydrogen-bond donors (Lipinski definition) is 3. The minimum atomic E-state index is -1.13. The Hall–Kier alpha value is -2.65. The zero-order valence-corrected chi connectivity index (χ0v) is 25.2. The first-order valence-electron chi connectivity index (χ1n) is 15.6. The van der Waals surface area contributed by atoms with E-state index in [2.05, 4.69) is 10.6 Å². The summed E-state index contributed by atoms with van der Waals surface area (Å²) in [4.78, 5) is 44.3. The lowest BCUT2D eigenvalue weighted by molar-refractivity contribution is -0.151. The van der Waals surface area contributed by atoms with Crippen LogP contribution in [0, 0.1) is 23.7 Å². The lowest BCUT2D eigenvalue weighted by Crippen LogP contribution is -2.60. The molecule has 3 saturated heterocycles. The van der Waals surface area contributed by atoms with E-state index in [-0.39, 0.29) is 42.2 Å². The first kappa shape index (κ1) is 29.8. The third kappa shape index (κ3) is 4.92. The minimum absolute atomic E-state index is 0.0366. The number of anilines is 1. The molecular weight excluding hydrogens is 522 g/mol. The molecule has 8 atom stereocenters. The molecule has 3 amide bonds. The van der Waals surface area contributed by atoms with Crippen molar-refractivity contribution in [1.82, 2.24) is 10.2 Å². The Morgan fingerprint density at radius 1 is 1.15 bits per heavy atom. The first-order valence-corrected chi connectivity index (χ1v) is 15.6. The summed E-state index contributed by atoms with van der Waals surface area (Å²) in [6.07, 6.45) is 6.37. The fourth-order valence-corrected chi connectivity index (χ4v) is 8.10. The van der Waals surface area contributed by atoms with E-state index in [0.29, 0.717) is 24.5 Å². The van der Waals surface area contributed by atoms with Gasteiger partial charge in [-0.3, -0.25) is 14.4 Å². The summed E-state index contributed by atoms with van der Waals surface area (Å²) in [7, 11) is 0. The Kier molecular flexibility index (Phi) is 8.41. The number of carbonyl (C=O) groups is 3. The second-order valence-electron chi connectivity index (χ2n) is 12.9. The molecule has 1 aromatic rings. The van der Waals surface area contributed by atoms with Crippen LogP contribution >= 0.6 is 0 Å². The highest BCUT2D eigenvalue weighted by Gasteiger charge is 2.80. The summed E-state index contributed by atoms with van der Waals surface area (Å²) in [6.45, 7) is 10.2. The van der Waals surface area contributed by atoms with Crippen LogP contribution in [0.15, 0.2) is 24.3 Å². The van der Waals surface area contributed by atoms with Crippen LogP contribution in [0.25, 0.3) is 0 Å². The van der Waals surface area contributed by atoms with Crippen molar-refractivity contribution in [3.05, 3.63) is 24.3 Å². The number of fused-ring (bicyclic) bond motifs is 1. The Morgan fingerprint density at radius 2 is 1.83 bits per heavy atom. The molecule has 3 heterocycles. The van der Waals surface area contributed by atoms with Crippen LogP contribution < -0.4 is 15.4 Å². The highest BCUT2D eigenvalue weighted by atomic mass is 16.5. The van der Waals surface area contributed by atoms with Crippen molar-refractivity contribution in [3.63, 3.8) is 0 Å². The monoisotopic (exact) mass is 569 g/mol. The molecule has 9 heteroatoms. The lowest BCUT2D eigenvalue weighted by Gasteiger charge is -2.40. The van der Waals surface area contributed by atoms with Gasteiger partial charge in [0.15, 0.2) is 0 Å². The molecule has 5 rings (SSSR count). The van der Waals surface area contributed by atoms with Gasteiger partial charge in [0.05, 0.1) is 36.7 Å². The van der Waals surface area contributed by atoms with E-state index in [1.807, 2.05) is 34.6 Å². The summed E-state index contributed by atoms with van der Waals surface area (Å²) < 4.78 is 12.4. The van der Waals surface area contributed by atoms with Crippen LogP contribution in [-0.2, 0) is 19.1 Å². The number of nitrogens with zero attached hydrogens (tertiary/aromatic N) is 1. The number of carbonyl (C=O) groups excluding carboxylic acids is 3. The lowest BCUT2D eigenvalue weighted by atomic mass is 9.62. The van der Waals surface area contributed by atoms with Gasteiger partial charge in [0.25, 0.3) is 0 Å². The second-order valence-corrected chi connectivity index (χ2v) is 12.9. The number of amides is 3. The van der Waals surface area contributed by atoms with E-state index >= 15 is 0 Å². The zero-order chi connectivity index (χ0) is 29.5. The van der Waals surface area contributed by atoms with Crippen molar-refractivity contribution in [1.29, 1.82) is 0 Å². The van der Waals surface area contributed by atoms with Gasteiger partial charge in [-0.1, -0.05) is 46.5 Å². The van der Waals surface area contributed by atoms with Crippen molar-refractivity contribution in [3.8, 4) is 5.75 Å². The largest absolute Gasteiger partial charge is 0.494 e. The van der Waals surface area contributed by atoms with Gasteiger partial charge in [-0.05, 0) is 69.2 Å². The van der Waals surface area contributed by atoms with Gasteiger partial charge >= 0.3 is 0 Å². The smallest absolute Gasteiger partial charge is 0.246 e. The maximum Gasteiger partial charge on any atom is 0.246 e. The molecular formula is C32H47N3O6. The molecule has 1 aromatic carbocycles. The second kappa shape index (κ2) is 11.6. The maximum absolute atomic E-state index is 14.5. The van der Waals surface area contributed by atoms with Gasteiger partial charge in [-0.2, -0.15) is 0 Å². The Morgan fingerprint density at radius 3 is 2.44 bits per heavy atom. The molecule has 1 spiro atoms. The molecule has 3 aliphatic heterocycles. The van der Waals surface area contributed by atoms with Gasteiger partial charge < -0.3 is 30.1 Å². The van der Waals surface area contributed by atoms with Gasteiger partial charge in [0, 0.05) is 11.7 Å². The molecule has 1 aliphatic carbocycles. The van der Waals surface area contributed by atoms with Crippen molar-refractivity contribution >= 4 is 23.4 Å². The van der Waals surface area contributed by atoms with Gasteiger partial charge in [-0.15, -0.1) is 0 Å². The average molecular weight is 570 g/mol. The Labute approximate surface area is 243 Å². The summed E-state index contributed by atoms with van der Waals surface area (Å²) in [5, 5.41) is 16.8. The van der Waals surface area contributed by atoms with Gasteiger partial charge in [0.2, 0.25) is 17.7 Å². The highest BCUT2D eigenvalue weighted by molar-refractivity contribution is 6.02. The molecule has 3 N–H and O–H groups in total. The van der Waals surface area contributed by atoms with Crippen LogP contribution in [0.5, 0.6) is 5.75 Å². The number of aliphatic hydroxyl groups is 1. The van der Waals surface area contributed by atoms with E-state index < -0.39 is 35.1 Å². The molecule has 41 heavy (non-hydrogen) atoms. The summed E-state index contributed by atoms with van der Waals surface area (Å²) in [5.41, 5.74) is -1.43. The topological polar surface area (TPSA) is 117 Å². The summed E-state index contributed by atoms with van der Waals surface area (Å²) >= 11 is 0. The van der Waals surface area contributed by atoms with E-state index in [1.54, 1.807) is 29.2 Å². The molecule has 9 nitrogen and oxygen atoms in total. The van der Waals surface area contributed by atoms with Crippen LogP contribution in [0.2, 0.25) is 0 Å². The maximum atomic E-state index is 14.5. The third-order valence-electron chi connectivity index (χ3n) is 10.5. The fraction of sp³-hybridized carbons (Fsp3) is 0.719. The highest BCUT2D eigenvalue weighted by Crippen LogP contribution is 2.65. The number of hydrogen-bond acceptors (Lipinski definition) is 6. The standard InChI is InChI=1S/C32H47N3O6/c1-6-19(3)24(18-36)35-27(29(38)34-21-11-9-8-10-12-21)32-17-20(4)31(5,41-32)25(26(32)30(35)39)28(37)33-22-13-15-23(16-14-22)40-7-2/h13-16,19-21,24-27,36H,6-12,17-18H2,1-5H3,(H,33,37)(H,34,38)/t19-,20?,24-,25+,26-,27?,31-,32?/m0/s1. The van der Waals surface area contributed by atoms with Crippen molar-refractivity contribution < 1.29 is 29.0 Å². The number of nitrogens with one attached hydrogen (secondary N) is 2. The molecule has 4 fully saturated rings. The van der Waals surface area contributed by atoms with Gasteiger partial charge in [-0.25, -0.2) is 0 Å². The number of ether oxygens (including phenoxy) is 2. The minimum Gasteiger partial charge on any atom is -0.494 e. The zero-order valence-electron chi connectivity index (χ0n) is 25.2. The first-order chi connectivity index (χ1) is 19.6. The SMILES string of the molecule is CCOc1ccc(NC(=O)[C@H]2[C@H]3C(=O)N([C@@H](CO)[C@@H](C)CC)C(C(=O)NC4CCCCC4)C34CC(C)[C@]2(C)O4)cc1. The Bertz CT molecular complexity index is 1140. The predicted octanol–water partition coefficient (Wildman–Crippen LogP) is 3.89. The van der Waals surface area contributed by atoms with Crippen molar-refractivity contribution in [2.75, 3.05) is 18.5 Å². The molecule has 1 saturated carbocycles. The Balaban J connectivity index is 1.51. The normalized spacial score (nSPS) is 34.3. The molecule has 0 radical (unpaired) electrons. The molecule has 4 aliphatic rings. The van der Waals surface area contributed by atoms with E-state index in [0.717, 1.165) is 38.5 Å². The molecule has 3 unspecified atom stereocenters.